The highest BCUT2D eigenvalue weighted by atomic mass is 32.2. The van der Waals surface area contributed by atoms with Gasteiger partial charge in [0, 0.05) is 17.9 Å². The molecule has 3 aliphatic carbocycles. The monoisotopic (exact) mass is 557 g/mol. The van der Waals surface area contributed by atoms with Gasteiger partial charge in [0.25, 0.3) is 0 Å². The summed E-state index contributed by atoms with van der Waals surface area (Å²) >= 11 is 1.86. The number of hydrogen-bond donors (Lipinski definition) is 0. The van der Waals surface area contributed by atoms with Gasteiger partial charge in [0.1, 0.15) is 5.82 Å². The molecule has 5 rings (SSSR count). The molecule has 1 aromatic carbocycles. The second-order valence-corrected chi connectivity index (χ2v) is 15.6. The fraction of sp³-hybridized carbons (Fsp3) is 0.656. The molecular formula is C32H44FNO2S2. The molecule has 4 aliphatic rings. The molecule has 2 unspecified atom stereocenters. The Labute approximate surface area is 233 Å². The summed E-state index contributed by atoms with van der Waals surface area (Å²) in [6.07, 6.45) is 21.6. The van der Waals surface area contributed by atoms with Crippen LogP contribution in [0.4, 0.5) is 4.39 Å². The van der Waals surface area contributed by atoms with Crippen LogP contribution >= 0.6 is 11.8 Å². The molecule has 0 saturated heterocycles. The van der Waals surface area contributed by atoms with Gasteiger partial charge in [-0.05, 0) is 106 Å². The normalized spacial score (nSPS) is 27.1. The van der Waals surface area contributed by atoms with Gasteiger partial charge in [0.2, 0.25) is 0 Å². The van der Waals surface area contributed by atoms with E-state index in [9.17, 15) is 12.8 Å². The lowest BCUT2D eigenvalue weighted by molar-refractivity contribution is 0.243. The molecule has 3 nitrogen and oxygen atoms in total. The number of halogens is 1. The first kappa shape index (κ1) is 28.1. The lowest BCUT2D eigenvalue weighted by atomic mass is 9.77. The highest BCUT2D eigenvalue weighted by molar-refractivity contribution is 8.14. The quantitative estimate of drug-likeness (QED) is 0.286. The Morgan fingerprint density at radius 1 is 0.974 bits per heavy atom. The summed E-state index contributed by atoms with van der Waals surface area (Å²) < 4.78 is 39.1. The Hall–Kier alpha value is -1.40. The number of nitrogens with zero attached hydrogens (tertiary/aromatic N) is 1. The number of hydrogen-bond acceptors (Lipinski definition) is 4. The number of aliphatic imine (C=N–C) groups is 1. The number of sulfone groups is 1. The highest BCUT2D eigenvalue weighted by Gasteiger charge is 2.39. The molecule has 1 spiro atoms. The van der Waals surface area contributed by atoms with Crippen molar-refractivity contribution in [3.63, 3.8) is 0 Å². The molecule has 1 heterocycles. The molecule has 0 aromatic heterocycles. The number of benzene rings is 1. The fourth-order valence-electron chi connectivity index (χ4n) is 7.30. The number of thioether (sulfide) groups is 1. The van der Waals surface area contributed by atoms with E-state index in [2.05, 4.69) is 12.2 Å². The van der Waals surface area contributed by atoms with E-state index in [1.807, 2.05) is 23.9 Å². The molecule has 208 valence electrons. The van der Waals surface area contributed by atoms with Gasteiger partial charge in [-0.2, -0.15) is 0 Å². The van der Waals surface area contributed by atoms with Crippen molar-refractivity contribution in [1.29, 1.82) is 0 Å². The summed E-state index contributed by atoms with van der Waals surface area (Å²) in [6.45, 7) is 0. The third-order valence-corrected chi connectivity index (χ3v) is 12.2. The van der Waals surface area contributed by atoms with Crippen molar-refractivity contribution in [3.8, 4) is 0 Å². The van der Waals surface area contributed by atoms with Crippen LogP contribution in [0.1, 0.15) is 95.5 Å². The van der Waals surface area contributed by atoms with E-state index in [1.165, 1.54) is 74.1 Å². The van der Waals surface area contributed by atoms with Crippen molar-refractivity contribution >= 4 is 26.6 Å². The van der Waals surface area contributed by atoms with Crippen molar-refractivity contribution in [2.75, 3.05) is 17.3 Å². The zero-order chi connectivity index (χ0) is 26.4. The molecule has 1 aromatic rings. The number of allylic oxidation sites excluding steroid dienone is 2. The van der Waals surface area contributed by atoms with Crippen molar-refractivity contribution in [3.05, 3.63) is 59.1 Å². The predicted octanol–water partition coefficient (Wildman–Crippen LogP) is 8.46. The minimum absolute atomic E-state index is 0.194. The molecule has 2 fully saturated rings. The zero-order valence-electron chi connectivity index (χ0n) is 22.8. The zero-order valence-corrected chi connectivity index (χ0v) is 24.4. The van der Waals surface area contributed by atoms with Gasteiger partial charge in [-0.3, -0.25) is 4.99 Å². The summed E-state index contributed by atoms with van der Waals surface area (Å²) in [6, 6.07) is 6.75. The van der Waals surface area contributed by atoms with Crippen LogP contribution in [-0.2, 0) is 16.3 Å². The molecule has 1 aliphatic heterocycles. The van der Waals surface area contributed by atoms with Crippen LogP contribution in [0, 0.1) is 23.1 Å². The van der Waals surface area contributed by atoms with Gasteiger partial charge in [0.15, 0.2) is 9.84 Å². The van der Waals surface area contributed by atoms with Gasteiger partial charge < -0.3 is 0 Å². The molecule has 2 saturated carbocycles. The van der Waals surface area contributed by atoms with Crippen molar-refractivity contribution in [2.24, 2.45) is 22.2 Å². The minimum atomic E-state index is -3.00. The Bertz CT molecular complexity index is 1150. The second kappa shape index (κ2) is 12.8. The largest absolute Gasteiger partial charge is 0.251 e. The second-order valence-electron chi connectivity index (χ2n) is 12.4. The van der Waals surface area contributed by atoms with E-state index in [4.69, 9.17) is 4.99 Å². The smallest absolute Gasteiger partial charge is 0.154 e. The van der Waals surface area contributed by atoms with E-state index < -0.39 is 9.84 Å². The first-order chi connectivity index (χ1) is 18.4. The van der Waals surface area contributed by atoms with Gasteiger partial charge in [-0.25, -0.2) is 12.8 Å². The summed E-state index contributed by atoms with van der Waals surface area (Å²) in [5, 5.41) is 1.25. The summed E-state index contributed by atoms with van der Waals surface area (Å²) in [7, 11) is -3.00. The first-order valence-electron chi connectivity index (χ1n) is 14.9. The lowest BCUT2D eigenvalue weighted by Crippen LogP contribution is -2.22. The van der Waals surface area contributed by atoms with Crippen LogP contribution in [0.5, 0.6) is 0 Å². The van der Waals surface area contributed by atoms with Crippen molar-refractivity contribution in [2.45, 2.75) is 96.3 Å². The molecular weight excluding hydrogens is 513 g/mol. The first-order valence-corrected chi connectivity index (χ1v) is 17.7. The van der Waals surface area contributed by atoms with Crippen molar-refractivity contribution in [1.82, 2.24) is 0 Å². The highest BCUT2D eigenvalue weighted by Crippen LogP contribution is 2.51. The Kier molecular flexibility index (Phi) is 9.51. The van der Waals surface area contributed by atoms with Gasteiger partial charge in [-0.1, -0.05) is 49.1 Å². The number of rotatable bonds is 9. The maximum atomic E-state index is 13.2. The molecule has 38 heavy (non-hydrogen) atoms. The maximum absolute atomic E-state index is 13.2. The van der Waals surface area contributed by atoms with E-state index >= 15 is 0 Å². The maximum Gasteiger partial charge on any atom is 0.154 e. The van der Waals surface area contributed by atoms with E-state index in [-0.39, 0.29) is 5.82 Å². The average molecular weight is 558 g/mol. The molecule has 0 radical (unpaired) electrons. The van der Waals surface area contributed by atoms with Crippen LogP contribution in [0.15, 0.2) is 52.7 Å². The van der Waals surface area contributed by atoms with Crippen molar-refractivity contribution < 1.29 is 12.8 Å². The minimum Gasteiger partial charge on any atom is -0.251 e. The van der Waals surface area contributed by atoms with Crippen LogP contribution in [0.2, 0.25) is 0 Å². The average Bonchev–Trinajstić information content (AvgIpc) is 3.20. The molecule has 6 heteroatoms. The summed E-state index contributed by atoms with van der Waals surface area (Å²) in [4.78, 5) is 4.95. The third kappa shape index (κ3) is 8.06. The van der Waals surface area contributed by atoms with E-state index in [1.54, 1.807) is 0 Å². The predicted molar refractivity (Wildman–Crippen MR) is 159 cm³/mol. The molecule has 2 atom stereocenters. The van der Waals surface area contributed by atoms with Crippen LogP contribution in [0.25, 0.3) is 0 Å². The third-order valence-electron chi connectivity index (χ3n) is 9.41. The Morgan fingerprint density at radius 2 is 1.79 bits per heavy atom. The van der Waals surface area contributed by atoms with Gasteiger partial charge in [0.05, 0.1) is 16.5 Å². The van der Waals surface area contributed by atoms with Gasteiger partial charge in [-0.15, -0.1) is 11.8 Å². The van der Waals surface area contributed by atoms with Crippen LogP contribution in [-0.4, -0.2) is 30.7 Å². The van der Waals surface area contributed by atoms with Crippen LogP contribution < -0.4 is 0 Å². The fourth-order valence-corrected chi connectivity index (χ4v) is 10.2. The van der Waals surface area contributed by atoms with Gasteiger partial charge >= 0.3 is 0 Å². The molecule has 0 N–H and O–H groups in total. The Morgan fingerprint density at radius 3 is 2.61 bits per heavy atom. The van der Waals surface area contributed by atoms with E-state index in [0.717, 1.165) is 67.9 Å². The summed E-state index contributed by atoms with van der Waals surface area (Å²) in [5.41, 5.74) is 3.81. The standard InChI is InChI=1S/C32H44FNO2S2/c33-29-11-8-25(9-12-29)21-30-16-20-37-31(34-30)13-10-26-14-18-32(22-26)17-4-7-28(15-19-32)24-38(35,36)23-27-5-2-1-3-6-27/h7-9,11-12,16,26-27H,1-6,10,13-15,17-24H2. The van der Waals surface area contributed by atoms with Crippen LogP contribution in [0.3, 0.4) is 0 Å². The SMILES string of the molecule is O=S(=O)(CC1=CCCC2(CC1)CCC(CCC1=NC(Cc3ccc(F)cc3)=CCS1)C2)CC1CCCCC1. The molecule has 0 bridgehead atoms. The summed E-state index contributed by atoms with van der Waals surface area (Å²) in [5.74, 6) is 2.63. The lowest BCUT2D eigenvalue weighted by Gasteiger charge is -2.28. The molecule has 0 amide bonds. The van der Waals surface area contributed by atoms with E-state index in [0.29, 0.717) is 22.8 Å². The Balaban J connectivity index is 1.07. The topological polar surface area (TPSA) is 46.5 Å².